The van der Waals surface area contributed by atoms with E-state index < -0.39 is 5.82 Å². The van der Waals surface area contributed by atoms with Crippen molar-refractivity contribution >= 4 is 16.9 Å². The molecule has 1 amide bonds. The minimum atomic E-state index is -0.399. The molecular weight excluding hydrogens is 365 g/mol. The fourth-order valence-corrected chi connectivity index (χ4v) is 2.49. The van der Waals surface area contributed by atoms with Gasteiger partial charge in [-0.25, -0.2) is 4.39 Å². The van der Waals surface area contributed by atoms with Gasteiger partial charge in [0.05, 0.1) is 5.39 Å². The van der Waals surface area contributed by atoms with E-state index >= 15 is 0 Å². The molecule has 0 unspecified atom stereocenters. The maximum Gasteiger partial charge on any atom is 0.257 e. The fraction of sp³-hybridized carbons (Fsp3) is 0.238. The van der Waals surface area contributed by atoms with Crippen molar-refractivity contribution in [3.8, 4) is 17.2 Å². The van der Waals surface area contributed by atoms with Gasteiger partial charge >= 0.3 is 0 Å². The van der Waals surface area contributed by atoms with Crippen LogP contribution in [-0.4, -0.2) is 19.1 Å². The van der Waals surface area contributed by atoms with E-state index in [1.54, 1.807) is 12.1 Å². The Morgan fingerprint density at radius 3 is 2.64 bits per heavy atom. The van der Waals surface area contributed by atoms with Crippen molar-refractivity contribution in [1.82, 2.24) is 5.32 Å². The number of carbonyl (C=O) groups is 1. The number of fused-ring (bicyclic) bond motifs is 1. The lowest BCUT2D eigenvalue weighted by atomic mass is 10.2. The summed E-state index contributed by atoms with van der Waals surface area (Å²) in [6, 6.07) is 9.98. The van der Waals surface area contributed by atoms with Crippen molar-refractivity contribution in [2.45, 2.75) is 19.8 Å². The van der Waals surface area contributed by atoms with Crippen LogP contribution in [0.25, 0.3) is 11.0 Å². The molecule has 1 heterocycles. The van der Waals surface area contributed by atoms with Crippen LogP contribution < -0.4 is 20.2 Å². The SMILES string of the molecule is CCCCNC(=O)COc1ccc2c(=O)c(Oc3ccc(F)cc3)coc2c1. The van der Waals surface area contributed by atoms with Crippen LogP contribution in [0.4, 0.5) is 4.39 Å². The predicted octanol–water partition coefficient (Wildman–Crippen LogP) is 4.02. The van der Waals surface area contributed by atoms with Crippen molar-refractivity contribution in [2.75, 3.05) is 13.2 Å². The number of hydrogen-bond donors (Lipinski definition) is 1. The third kappa shape index (κ3) is 4.88. The van der Waals surface area contributed by atoms with Gasteiger partial charge in [0.25, 0.3) is 5.91 Å². The minimum absolute atomic E-state index is 0.0110. The van der Waals surface area contributed by atoms with Crippen LogP contribution in [0.5, 0.6) is 17.2 Å². The molecule has 6 nitrogen and oxygen atoms in total. The molecule has 1 N–H and O–H groups in total. The molecule has 146 valence electrons. The molecule has 7 heteroatoms. The summed E-state index contributed by atoms with van der Waals surface area (Å²) in [7, 11) is 0. The van der Waals surface area contributed by atoms with Crippen LogP contribution in [0.1, 0.15) is 19.8 Å². The van der Waals surface area contributed by atoms with Crippen molar-refractivity contribution in [3.05, 3.63) is 64.8 Å². The van der Waals surface area contributed by atoms with E-state index in [9.17, 15) is 14.0 Å². The summed E-state index contributed by atoms with van der Waals surface area (Å²) < 4.78 is 29.3. The number of amides is 1. The molecule has 0 radical (unpaired) electrons. The topological polar surface area (TPSA) is 77.8 Å². The van der Waals surface area contributed by atoms with E-state index in [-0.39, 0.29) is 23.7 Å². The van der Waals surface area contributed by atoms with Crippen molar-refractivity contribution in [3.63, 3.8) is 0 Å². The molecule has 0 atom stereocenters. The van der Waals surface area contributed by atoms with Crippen molar-refractivity contribution in [2.24, 2.45) is 0 Å². The maximum atomic E-state index is 13.0. The Labute approximate surface area is 160 Å². The molecule has 0 saturated heterocycles. The van der Waals surface area contributed by atoms with Gasteiger partial charge in [-0.05, 0) is 42.8 Å². The largest absolute Gasteiger partial charge is 0.484 e. The zero-order valence-corrected chi connectivity index (χ0v) is 15.4. The maximum absolute atomic E-state index is 13.0. The Kier molecular flexibility index (Phi) is 6.26. The molecule has 0 fully saturated rings. The van der Waals surface area contributed by atoms with Gasteiger partial charge in [0.1, 0.15) is 29.2 Å². The summed E-state index contributed by atoms with van der Waals surface area (Å²) in [6.45, 7) is 2.54. The van der Waals surface area contributed by atoms with Crippen LogP contribution >= 0.6 is 0 Å². The van der Waals surface area contributed by atoms with Gasteiger partial charge in [0.2, 0.25) is 11.2 Å². The Morgan fingerprint density at radius 2 is 1.89 bits per heavy atom. The zero-order valence-electron chi connectivity index (χ0n) is 15.4. The quantitative estimate of drug-likeness (QED) is 0.593. The monoisotopic (exact) mass is 385 g/mol. The Bertz CT molecular complexity index is 1010. The van der Waals surface area contributed by atoms with Gasteiger partial charge in [-0.15, -0.1) is 0 Å². The third-order valence-corrected chi connectivity index (χ3v) is 3.98. The summed E-state index contributed by atoms with van der Waals surface area (Å²) >= 11 is 0. The number of benzene rings is 2. The highest BCUT2D eigenvalue weighted by Gasteiger charge is 2.11. The average Bonchev–Trinajstić information content (AvgIpc) is 2.70. The number of ether oxygens (including phenoxy) is 2. The van der Waals surface area contributed by atoms with E-state index in [1.807, 2.05) is 6.92 Å². The first-order chi connectivity index (χ1) is 13.6. The van der Waals surface area contributed by atoms with Gasteiger partial charge in [0.15, 0.2) is 6.61 Å². The number of carbonyl (C=O) groups excluding carboxylic acids is 1. The van der Waals surface area contributed by atoms with E-state index in [0.29, 0.717) is 29.0 Å². The lowest BCUT2D eigenvalue weighted by Crippen LogP contribution is -2.29. The highest BCUT2D eigenvalue weighted by atomic mass is 19.1. The highest BCUT2D eigenvalue weighted by Crippen LogP contribution is 2.24. The van der Waals surface area contributed by atoms with E-state index in [1.165, 1.54) is 36.6 Å². The Balaban J connectivity index is 1.70. The summed E-state index contributed by atoms with van der Waals surface area (Å²) in [5, 5.41) is 3.06. The second kappa shape index (κ2) is 9.03. The molecule has 1 aromatic heterocycles. The molecule has 0 bridgehead atoms. The van der Waals surface area contributed by atoms with Gasteiger partial charge in [0, 0.05) is 12.6 Å². The first kappa shape index (κ1) is 19.4. The first-order valence-corrected chi connectivity index (χ1v) is 8.95. The summed E-state index contributed by atoms with van der Waals surface area (Å²) in [4.78, 5) is 24.3. The normalized spacial score (nSPS) is 10.6. The molecule has 0 aliphatic heterocycles. The van der Waals surface area contributed by atoms with Gasteiger partial charge < -0.3 is 19.2 Å². The van der Waals surface area contributed by atoms with Crippen LogP contribution in [0.15, 0.2) is 57.9 Å². The lowest BCUT2D eigenvalue weighted by molar-refractivity contribution is -0.123. The molecule has 28 heavy (non-hydrogen) atoms. The lowest BCUT2D eigenvalue weighted by Gasteiger charge is -2.08. The van der Waals surface area contributed by atoms with E-state index in [2.05, 4.69) is 5.32 Å². The van der Waals surface area contributed by atoms with Crippen molar-refractivity contribution in [1.29, 1.82) is 0 Å². The van der Waals surface area contributed by atoms with E-state index in [0.717, 1.165) is 12.8 Å². The van der Waals surface area contributed by atoms with Crippen LogP contribution in [-0.2, 0) is 4.79 Å². The number of rotatable bonds is 8. The van der Waals surface area contributed by atoms with Gasteiger partial charge in [-0.2, -0.15) is 0 Å². The molecule has 0 aliphatic rings. The molecule has 0 saturated carbocycles. The smallest absolute Gasteiger partial charge is 0.257 e. The molecule has 0 aliphatic carbocycles. The molecule has 0 spiro atoms. The number of nitrogens with one attached hydrogen (secondary N) is 1. The number of halogens is 1. The second-order valence-electron chi connectivity index (χ2n) is 6.14. The predicted molar refractivity (Wildman–Crippen MR) is 102 cm³/mol. The fourth-order valence-electron chi connectivity index (χ4n) is 2.49. The van der Waals surface area contributed by atoms with Crippen LogP contribution in [0.2, 0.25) is 0 Å². The van der Waals surface area contributed by atoms with Gasteiger partial charge in [-0.1, -0.05) is 13.3 Å². The summed E-state index contributed by atoms with van der Waals surface area (Å²) in [5.41, 5.74) is -0.0604. The molecule has 3 aromatic rings. The first-order valence-electron chi connectivity index (χ1n) is 8.95. The third-order valence-electron chi connectivity index (χ3n) is 3.98. The highest BCUT2D eigenvalue weighted by molar-refractivity contribution is 5.80. The van der Waals surface area contributed by atoms with Gasteiger partial charge in [-0.3, -0.25) is 9.59 Å². The Morgan fingerprint density at radius 1 is 1.14 bits per heavy atom. The zero-order chi connectivity index (χ0) is 19.9. The van der Waals surface area contributed by atoms with Crippen LogP contribution in [0.3, 0.4) is 0 Å². The van der Waals surface area contributed by atoms with Crippen LogP contribution in [0, 0.1) is 5.82 Å². The number of hydrogen-bond acceptors (Lipinski definition) is 5. The minimum Gasteiger partial charge on any atom is -0.484 e. The standard InChI is InChI=1S/C21H20FNO5/c1-2-3-10-23-20(24)13-26-16-8-9-17-18(11-16)27-12-19(21(17)25)28-15-6-4-14(22)5-7-15/h4-9,11-12H,2-3,10,13H2,1H3,(H,23,24). The molecule has 3 rings (SSSR count). The van der Waals surface area contributed by atoms with Crippen molar-refractivity contribution < 1.29 is 23.1 Å². The molecular formula is C21H20FNO5. The average molecular weight is 385 g/mol. The van der Waals surface area contributed by atoms with E-state index in [4.69, 9.17) is 13.9 Å². The number of unbranched alkanes of at least 4 members (excludes halogenated alkanes) is 1. The molecule has 2 aromatic carbocycles. The summed E-state index contributed by atoms with van der Waals surface area (Å²) in [6.07, 6.45) is 3.10. The summed E-state index contributed by atoms with van der Waals surface area (Å²) in [5.74, 6) is 0.112. The Hall–Kier alpha value is -3.35. The second-order valence-corrected chi connectivity index (χ2v) is 6.14.